The van der Waals surface area contributed by atoms with Crippen LogP contribution in [0, 0.1) is 0 Å². The molecule has 94 valence electrons. The minimum Gasteiger partial charge on any atom is -0.407 e. The van der Waals surface area contributed by atoms with E-state index >= 15 is 0 Å². The van der Waals surface area contributed by atoms with E-state index < -0.39 is 0 Å². The fourth-order valence-corrected chi connectivity index (χ4v) is 1.75. The van der Waals surface area contributed by atoms with E-state index in [9.17, 15) is 4.79 Å². The number of esters is 1. The maximum Gasteiger partial charge on any atom is 0.363 e. The largest absolute Gasteiger partial charge is 0.407 e. The van der Waals surface area contributed by atoms with Gasteiger partial charge in [0, 0.05) is 6.92 Å². The number of hydrogen-bond acceptors (Lipinski definition) is 3. The van der Waals surface area contributed by atoms with Crippen molar-refractivity contribution in [1.82, 2.24) is 0 Å². The Bertz CT molecular complexity index is 531. The molecule has 0 N–H and O–H groups in total. The zero-order valence-electron chi connectivity index (χ0n) is 11.2. The Morgan fingerprint density at radius 1 is 1.17 bits per heavy atom. The summed E-state index contributed by atoms with van der Waals surface area (Å²) in [5.41, 5.74) is 2.70. The van der Waals surface area contributed by atoms with Crippen LogP contribution in [0.2, 0.25) is 0 Å². The molecule has 18 heavy (non-hydrogen) atoms. The molecule has 1 aliphatic heterocycles. The third kappa shape index (κ3) is 2.67. The Morgan fingerprint density at radius 2 is 1.78 bits per heavy atom. The Hall–Kier alpha value is -1.90. The van der Waals surface area contributed by atoms with Gasteiger partial charge in [0.05, 0.1) is 0 Å². The second-order valence-electron chi connectivity index (χ2n) is 5.42. The maximum absolute atomic E-state index is 11.4. The maximum atomic E-state index is 11.4. The Morgan fingerprint density at radius 3 is 2.22 bits per heavy atom. The van der Waals surface area contributed by atoms with Gasteiger partial charge in [-0.2, -0.15) is 0 Å². The molecule has 1 aromatic rings. The average Bonchev–Trinajstić information content (AvgIpc) is 2.57. The van der Waals surface area contributed by atoms with Crippen molar-refractivity contribution in [2.24, 2.45) is 4.99 Å². The van der Waals surface area contributed by atoms with E-state index in [0.717, 1.165) is 5.56 Å². The summed E-state index contributed by atoms with van der Waals surface area (Å²) in [6, 6.07) is 8.13. The first kappa shape index (κ1) is 12.6. The fraction of sp³-hybridized carbons (Fsp3) is 0.333. The molecule has 0 saturated heterocycles. The van der Waals surface area contributed by atoms with Gasteiger partial charge >= 0.3 is 5.97 Å². The zero-order chi connectivity index (χ0) is 13.3. The normalized spacial score (nSPS) is 17.9. The second-order valence-corrected chi connectivity index (χ2v) is 5.42. The molecule has 3 nitrogen and oxygen atoms in total. The monoisotopic (exact) mass is 243 g/mol. The summed E-state index contributed by atoms with van der Waals surface area (Å²) in [5, 5.41) is 0. The van der Waals surface area contributed by atoms with Crippen molar-refractivity contribution < 1.29 is 9.53 Å². The number of nitrogens with zero attached hydrogens (tertiary/aromatic N) is 1. The van der Waals surface area contributed by atoms with Gasteiger partial charge in [0.15, 0.2) is 11.6 Å². The molecular weight excluding hydrogens is 226 g/mol. The summed E-state index contributed by atoms with van der Waals surface area (Å²) < 4.78 is 4.87. The summed E-state index contributed by atoms with van der Waals surface area (Å²) in [6.45, 7) is 8.18. The molecule has 0 bridgehead atoms. The van der Waals surface area contributed by atoms with Crippen LogP contribution in [0.15, 0.2) is 35.0 Å². The highest BCUT2D eigenvalue weighted by Gasteiger charge is 2.19. The molecular formula is C15H17NO2. The predicted molar refractivity (Wildman–Crippen MR) is 72.3 cm³/mol. The van der Waals surface area contributed by atoms with Crippen molar-refractivity contribution in [3.05, 3.63) is 41.1 Å². The van der Waals surface area contributed by atoms with Crippen LogP contribution in [0.3, 0.4) is 0 Å². The molecule has 1 aliphatic rings. The topological polar surface area (TPSA) is 38.7 Å². The number of rotatable bonds is 1. The molecule has 0 aromatic heterocycles. The number of carbonyl (C=O) groups is 1. The summed E-state index contributed by atoms with van der Waals surface area (Å²) in [4.78, 5) is 15.5. The van der Waals surface area contributed by atoms with Crippen molar-refractivity contribution in [3.63, 3.8) is 0 Å². The van der Waals surface area contributed by atoms with E-state index in [1.165, 1.54) is 5.56 Å². The van der Waals surface area contributed by atoms with Gasteiger partial charge < -0.3 is 4.74 Å². The number of aliphatic imine (C=N–C) groups is 1. The van der Waals surface area contributed by atoms with Crippen LogP contribution in [0.25, 0.3) is 6.08 Å². The first-order valence-corrected chi connectivity index (χ1v) is 5.96. The molecule has 3 heteroatoms. The van der Waals surface area contributed by atoms with Gasteiger partial charge in [0.1, 0.15) is 0 Å². The molecule has 1 heterocycles. The quantitative estimate of drug-likeness (QED) is 0.560. The van der Waals surface area contributed by atoms with Gasteiger partial charge in [-0.3, -0.25) is 0 Å². The SMILES string of the molecule is CC1=N/C(=C\c2ccc(C(C)(C)C)cc2)C(=O)O1. The lowest BCUT2D eigenvalue weighted by Gasteiger charge is -2.18. The smallest absolute Gasteiger partial charge is 0.363 e. The number of ether oxygens (including phenoxy) is 1. The standard InChI is InChI=1S/C15H17NO2/c1-10-16-13(14(17)18-10)9-11-5-7-12(8-6-11)15(2,3)4/h5-9H,1-4H3/b13-9-. The summed E-state index contributed by atoms with van der Waals surface area (Å²) in [7, 11) is 0. The summed E-state index contributed by atoms with van der Waals surface area (Å²) in [5.74, 6) is 0.0185. The predicted octanol–water partition coefficient (Wildman–Crippen LogP) is 3.30. The molecule has 0 saturated carbocycles. The van der Waals surface area contributed by atoms with Crippen LogP contribution in [-0.2, 0) is 14.9 Å². The lowest BCUT2D eigenvalue weighted by atomic mass is 9.87. The average molecular weight is 243 g/mol. The van der Waals surface area contributed by atoms with Crippen LogP contribution in [0.1, 0.15) is 38.8 Å². The van der Waals surface area contributed by atoms with Crippen molar-refractivity contribution in [2.45, 2.75) is 33.1 Å². The Labute approximate surface area is 107 Å². The molecule has 0 radical (unpaired) electrons. The zero-order valence-corrected chi connectivity index (χ0v) is 11.2. The van der Waals surface area contributed by atoms with Crippen LogP contribution >= 0.6 is 0 Å². The molecule has 0 unspecified atom stereocenters. The third-order valence-electron chi connectivity index (χ3n) is 2.81. The molecule has 1 aromatic carbocycles. The van der Waals surface area contributed by atoms with E-state index in [-0.39, 0.29) is 11.4 Å². The molecule has 0 atom stereocenters. The minimum absolute atomic E-state index is 0.132. The van der Waals surface area contributed by atoms with Crippen molar-refractivity contribution in [3.8, 4) is 0 Å². The van der Waals surface area contributed by atoms with E-state index in [4.69, 9.17) is 4.74 Å². The van der Waals surface area contributed by atoms with Gasteiger partial charge in [0.25, 0.3) is 0 Å². The molecule has 0 aliphatic carbocycles. The van der Waals surface area contributed by atoms with Crippen LogP contribution in [0.4, 0.5) is 0 Å². The second kappa shape index (κ2) is 4.41. The number of cyclic esters (lactones) is 1. The first-order chi connectivity index (χ1) is 8.36. The van der Waals surface area contributed by atoms with E-state index in [1.807, 2.05) is 12.1 Å². The Balaban J connectivity index is 2.26. The van der Waals surface area contributed by atoms with E-state index in [0.29, 0.717) is 11.6 Å². The van der Waals surface area contributed by atoms with Gasteiger partial charge in [0.2, 0.25) is 0 Å². The van der Waals surface area contributed by atoms with Crippen molar-refractivity contribution in [2.75, 3.05) is 0 Å². The summed E-state index contributed by atoms with van der Waals surface area (Å²) >= 11 is 0. The minimum atomic E-state index is -0.382. The molecule has 0 amide bonds. The molecule has 2 rings (SSSR count). The number of carbonyl (C=O) groups excluding carboxylic acids is 1. The lowest BCUT2D eigenvalue weighted by molar-refractivity contribution is -0.130. The first-order valence-electron chi connectivity index (χ1n) is 5.96. The van der Waals surface area contributed by atoms with Gasteiger partial charge in [-0.1, -0.05) is 45.0 Å². The third-order valence-corrected chi connectivity index (χ3v) is 2.81. The fourth-order valence-electron chi connectivity index (χ4n) is 1.75. The number of hydrogen-bond donors (Lipinski definition) is 0. The molecule has 0 spiro atoms. The van der Waals surface area contributed by atoms with Gasteiger partial charge in [-0.25, -0.2) is 9.79 Å². The highest BCUT2D eigenvalue weighted by molar-refractivity contribution is 6.06. The van der Waals surface area contributed by atoms with Gasteiger partial charge in [-0.05, 0) is 22.6 Å². The van der Waals surface area contributed by atoms with E-state index in [1.54, 1.807) is 13.0 Å². The summed E-state index contributed by atoms with van der Waals surface area (Å²) in [6.07, 6.45) is 1.74. The highest BCUT2D eigenvalue weighted by atomic mass is 16.6. The van der Waals surface area contributed by atoms with Crippen LogP contribution < -0.4 is 0 Å². The van der Waals surface area contributed by atoms with Gasteiger partial charge in [-0.15, -0.1) is 0 Å². The van der Waals surface area contributed by atoms with Crippen LogP contribution in [0.5, 0.6) is 0 Å². The molecule has 0 fully saturated rings. The van der Waals surface area contributed by atoms with Crippen molar-refractivity contribution in [1.29, 1.82) is 0 Å². The van der Waals surface area contributed by atoms with Crippen LogP contribution in [-0.4, -0.2) is 11.9 Å². The lowest BCUT2D eigenvalue weighted by Crippen LogP contribution is -2.10. The van der Waals surface area contributed by atoms with Crippen molar-refractivity contribution >= 4 is 17.9 Å². The Kier molecular flexibility index (Phi) is 3.07. The highest BCUT2D eigenvalue weighted by Crippen LogP contribution is 2.23. The van der Waals surface area contributed by atoms with E-state index in [2.05, 4.69) is 37.9 Å². The number of benzene rings is 1.